The van der Waals surface area contributed by atoms with E-state index in [1.54, 1.807) is 19.9 Å². The third-order valence-corrected chi connectivity index (χ3v) is 3.79. The molecule has 0 saturated carbocycles. The van der Waals surface area contributed by atoms with E-state index in [0.29, 0.717) is 9.75 Å². The molecule has 0 bridgehead atoms. The standard InChI is InChI=1S/C13H13F3N2O2S/c1-3-18-11(13(14,15)16)7-8(17-18)9-5-6-10(21-9)12(19)20-4-2/h5-7H,3-4H2,1-2H3. The van der Waals surface area contributed by atoms with E-state index < -0.39 is 17.8 Å². The van der Waals surface area contributed by atoms with Crippen molar-refractivity contribution >= 4 is 17.3 Å². The molecule has 0 saturated heterocycles. The highest BCUT2D eigenvalue weighted by Gasteiger charge is 2.35. The quantitative estimate of drug-likeness (QED) is 0.805. The smallest absolute Gasteiger partial charge is 0.433 e. The predicted molar refractivity (Wildman–Crippen MR) is 72.2 cm³/mol. The number of esters is 1. The number of carbonyl (C=O) groups is 1. The molecule has 0 unspecified atom stereocenters. The van der Waals surface area contributed by atoms with Crippen molar-refractivity contribution in [3.05, 3.63) is 28.8 Å². The van der Waals surface area contributed by atoms with Crippen LogP contribution in [0.3, 0.4) is 0 Å². The SMILES string of the molecule is CCOC(=O)c1ccc(-c2cc(C(F)(F)F)n(CC)n2)s1. The van der Waals surface area contributed by atoms with Crippen LogP contribution in [0, 0.1) is 0 Å². The fourth-order valence-corrected chi connectivity index (χ4v) is 2.65. The van der Waals surface area contributed by atoms with Crippen LogP contribution >= 0.6 is 11.3 Å². The Morgan fingerprint density at radius 2 is 2.10 bits per heavy atom. The number of nitrogens with zero attached hydrogens (tertiary/aromatic N) is 2. The van der Waals surface area contributed by atoms with Gasteiger partial charge in [-0.2, -0.15) is 18.3 Å². The average Bonchev–Trinajstić information content (AvgIpc) is 3.04. The number of ether oxygens (including phenoxy) is 1. The summed E-state index contributed by atoms with van der Waals surface area (Å²) in [7, 11) is 0. The number of thiophene rings is 1. The maximum Gasteiger partial charge on any atom is 0.433 e. The second-order valence-electron chi connectivity index (χ2n) is 4.11. The van der Waals surface area contributed by atoms with E-state index in [9.17, 15) is 18.0 Å². The van der Waals surface area contributed by atoms with Crippen molar-refractivity contribution in [1.29, 1.82) is 0 Å². The molecule has 0 spiro atoms. The molecule has 0 aliphatic heterocycles. The van der Waals surface area contributed by atoms with Crippen molar-refractivity contribution in [3.8, 4) is 10.6 Å². The predicted octanol–water partition coefficient (Wildman–Crippen LogP) is 3.83. The van der Waals surface area contributed by atoms with Crippen LogP contribution < -0.4 is 0 Å². The van der Waals surface area contributed by atoms with E-state index in [-0.39, 0.29) is 18.8 Å². The number of alkyl halides is 3. The summed E-state index contributed by atoms with van der Waals surface area (Å²) < 4.78 is 44.3. The van der Waals surface area contributed by atoms with Gasteiger partial charge in [0.1, 0.15) is 16.3 Å². The Hall–Kier alpha value is -1.83. The van der Waals surface area contributed by atoms with Gasteiger partial charge in [-0.05, 0) is 32.0 Å². The highest BCUT2D eigenvalue weighted by molar-refractivity contribution is 7.17. The molecule has 0 aliphatic carbocycles. The molecular weight excluding hydrogens is 305 g/mol. The van der Waals surface area contributed by atoms with Crippen molar-refractivity contribution in [2.45, 2.75) is 26.6 Å². The summed E-state index contributed by atoms with van der Waals surface area (Å²) in [5, 5.41) is 3.94. The van der Waals surface area contributed by atoms with Crippen molar-refractivity contribution in [2.75, 3.05) is 6.61 Å². The summed E-state index contributed by atoms with van der Waals surface area (Å²) in [4.78, 5) is 12.4. The van der Waals surface area contributed by atoms with Gasteiger partial charge in [0, 0.05) is 6.54 Å². The van der Waals surface area contributed by atoms with Crippen LogP contribution in [0.25, 0.3) is 10.6 Å². The van der Waals surface area contributed by atoms with E-state index in [4.69, 9.17) is 4.74 Å². The topological polar surface area (TPSA) is 44.1 Å². The Bertz CT molecular complexity index is 646. The normalized spacial score (nSPS) is 11.7. The van der Waals surface area contributed by atoms with Crippen LogP contribution in [-0.4, -0.2) is 22.4 Å². The average molecular weight is 318 g/mol. The maximum absolute atomic E-state index is 12.9. The molecule has 114 valence electrons. The van der Waals surface area contributed by atoms with E-state index in [2.05, 4.69) is 5.10 Å². The van der Waals surface area contributed by atoms with Crippen molar-refractivity contribution in [1.82, 2.24) is 9.78 Å². The number of hydrogen-bond acceptors (Lipinski definition) is 4. The molecule has 4 nitrogen and oxygen atoms in total. The first-order valence-electron chi connectivity index (χ1n) is 6.29. The van der Waals surface area contributed by atoms with Gasteiger partial charge in [0.15, 0.2) is 0 Å². The third kappa shape index (κ3) is 3.26. The van der Waals surface area contributed by atoms with Gasteiger partial charge >= 0.3 is 12.1 Å². The lowest BCUT2D eigenvalue weighted by molar-refractivity contribution is -0.144. The molecule has 21 heavy (non-hydrogen) atoms. The highest BCUT2D eigenvalue weighted by atomic mass is 32.1. The van der Waals surface area contributed by atoms with Crippen LogP contribution in [0.2, 0.25) is 0 Å². The lowest BCUT2D eigenvalue weighted by Crippen LogP contribution is -2.13. The molecule has 0 fully saturated rings. The molecule has 2 heterocycles. The van der Waals surface area contributed by atoms with Crippen LogP contribution in [0.5, 0.6) is 0 Å². The first-order chi connectivity index (χ1) is 9.86. The number of hydrogen-bond donors (Lipinski definition) is 0. The van der Waals surface area contributed by atoms with Gasteiger partial charge in [-0.3, -0.25) is 4.68 Å². The van der Waals surface area contributed by atoms with Crippen molar-refractivity contribution < 1.29 is 22.7 Å². The summed E-state index contributed by atoms with van der Waals surface area (Å²) in [5.41, 5.74) is -0.601. The number of halogens is 3. The first kappa shape index (κ1) is 15.6. The minimum atomic E-state index is -4.46. The van der Waals surface area contributed by atoms with Crippen LogP contribution in [-0.2, 0) is 17.5 Å². The highest BCUT2D eigenvalue weighted by Crippen LogP contribution is 2.34. The van der Waals surface area contributed by atoms with E-state index in [0.717, 1.165) is 22.1 Å². The zero-order chi connectivity index (χ0) is 15.6. The summed E-state index contributed by atoms with van der Waals surface area (Å²) in [6, 6.07) is 4.08. The van der Waals surface area contributed by atoms with Gasteiger partial charge in [-0.25, -0.2) is 4.79 Å². The fraction of sp³-hybridized carbons (Fsp3) is 0.385. The van der Waals surface area contributed by atoms with Crippen molar-refractivity contribution in [2.24, 2.45) is 0 Å². The first-order valence-corrected chi connectivity index (χ1v) is 7.10. The fourth-order valence-electron chi connectivity index (χ4n) is 1.79. The molecule has 2 aromatic rings. The van der Waals surface area contributed by atoms with Crippen LogP contribution in [0.1, 0.15) is 29.2 Å². The Kier molecular flexibility index (Phi) is 4.36. The minimum absolute atomic E-state index is 0.116. The lowest BCUT2D eigenvalue weighted by Gasteiger charge is -2.06. The summed E-state index contributed by atoms with van der Waals surface area (Å²) in [6.45, 7) is 3.63. The van der Waals surface area contributed by atoms with Crippen LogP contribution in [0.4, 0.5) is 13.2 Å². The van der Waals surface area contributed by atoms with Gasteiger partial charge in [0.05, 0.1) is 11.5 Å². The Labute approximate surface area is 123 Å². The van der Waals surface area contributed by atoms with E-state index >= 15 is 0 Å². The number of rotatable bonds is 4. The summed E-state index contributed by atoms with van der Waals surface area (Å²) >= 11 is 1.06. The molecule has 0 radical (unpaired) electrons. The van der Waals surface area contributed by atoms with Gasteiger partial charge < -0.3 is 4.74 Å². The molecule has 0 aromatic carbocycles. The molecule has 0 aliphatic rings. The lowest BCUT2D eigenvalue weighted by atomic mass is 10.3. The van der Waals surface area contributed by atoms with Gasteiger partial charge in [-0.15, -0.1) is 11.3 Å². The Morgan fingerprint density at radius 1 is 1.38 bits per heavy atom. The number of aryl methyl sites for hydroxylation is 1. The molecule has 2 aromatic heterocycles. The number of aromatic nitrogens is 2. The monoisotopic (exact) mass is 318 g/mol. The minimum Gasteiger partial charge on any atom is -0.462 e. The second-order valence-corrected chi connectivity index (χ2v) is 5.20. The molecule has 0 atom stereocenters. The molecule has 0 amide bonds. The second kappa shape index (κ2) is 5.88. The third-order valence-electron chi connectivity index (χ3n) is 2.70. The van der Waals surface area contributed by atoms with Gasteiger partial charge in [0.25, 0.3) is 0 Å². The molecular formula is C13H13F3N2O2S. The molecule has 8 heteroatoms. The Balaban J connectivity index is 2.35. The van der Waals surface area contributed by atoms with E-state index in [1.807, 2.05) is 0 Å². The summed E-state index contributed by atoms with van der Waals surface area (Å²) in [6.07, 6.45) is -4.46. The Morgan fingerprint density at radius 3 is 2.62 bits per heavy atom. The number of carbonyl (C=O) groups excluding carboxylic acids is 1. The summed E-state index contributed by atoms with van der Waals surface area (Å²) in [5.74, 6) is -0.486. The maximum atomic E-state index is 12.9. The van der Waals surface area contributed by atoms with Gasteiger partial charge in [0.2, 0.25) is 0 Å². The van der Waals surface area contributed by atoms with Crippen molar-refractivity contribution in [3.63, 3.8) is 0 Å². The molecule has 2 rings (SSSR count). The zero-order valence-corrected chi connectivity index (χ0v) is 12.2. The zero-order valence-electron chi connectivity index (χ0n) is 11.4. The largest absolute Gasteiger partial charge is 0.462 e. The van der Waals surface area contributed by atoms with Gasteiger partial charge in [-0.1, -0.05) is 0 Å². The van der Waals surface area contributed by atoms with Crippen LogP contribution in [0.15, 0.2) is 18.2 Å². The van der Waals surface area contributed by atoms with E-state index in [1.165, 1.54) is 6.07 Å². The molecule has 0 N–H and O–H groups in total.